The Labute approximate surface area is 251 Å². The predicted molar refractivity (Wildman–Crippen MR) is 161 cm³/mol. The Kier molecular flexibility index (Phi) is 9.58. The van der Waals surface area contributed by atoms with Crippen LogP contribution in [0, 0.1) is 0 Å². The number of benzene rings is 3. The van der Waals surface area contributed by atoms with Crippen molar-refractivity contribution in [2.75, 3.05) is 7.11 Å². The largest absolute Gasteiger partial charge is 0.497 e. The molecule has 5 rings (SSSR count). The fraction of sp³-hybridized carbons (Fsp3) is 0.273. The van der Waals surface area contributed by atoms with E-state index in [1.165, 1.54) is 0 Å². The van der Waals surface area contributed by atoms with E-state index in [0.29, 0.717) is 23.5 Å². The van der Waals surface area contributed by atoms with Crippen molar-refractivity contribution in [3.8, 4) is 5.75 Å². The maximum absolute atomic E-state index is 13.9. The monoisotopic (exact) mass is 601 g/mol. The lowest BCUT2D eigenvalue weighted by Crippen LogP contribution is -2.43. The molecule has 0 spiro atoms. The van der Waals surface area contributed by atoms with E-state index in [0.717, 1.165) is 24.0 Å². The SMILES string of the molecule is COc1ccc(CN(C(=O)CCc2ccc(S(=O)(=O)NC3CC3)cc2)[C@H](C(=O)NCc2ccco2)c2ccccc2)cc1. The van der Waals surface area contributed by atoms with Crippen LogP contribution in [-0.2, 0) is 39.1 Å². The number of furan rings is 1. The number of ether oxygens (including phenoxy) is 1. The van der Waals surface area contributed by atoms with Crippen molar-refractivity contribution >= 4 is 21.8 Å². The number of methoxy groups -OCH3 is 1. The van der Waals surface area contributed by atoms with Crippen LogP contribution in [0.15, 0.2) is 107 Å². The molecule has 10 heteroatoms. The summed E-state index contributed by atoms with van der Waals surface area (Å²) in [6.45, 7) is 0.380. The first-order chi connectivity index (χ1) is 20.8. The summed E-state index contributed by atoms with van der Waals surface area (Å²) < 4.78 is 38.4. The van der Waals surface area contributed by atoms with E-state index >= 15 is 0 Å². The summed E-state index contributed by atoms with van der Waals surface area (Å²) in [6, 6.07) is 25.8. The second-order valence-electron chi connectivity index (χ2n) is 10.5. The molecule has 0 unspecified atom stereocenters. The summed E-state index contributed by atoms with van der Waals surface area (Å²) in [4.78, 5) is 29.5. The zero-order valence-corrected chi connectivity index (χ0v) is 24.8. The fourth-order valence-corrected chi connectivity index (χ4v) is 6.07. The Bertz CT molecular complexity index is 1600. The molecule has 0 saturated heterocycles. The molecular weight excluding hydrogens is 566 g/mol. The molecule has 0 radical (unpaired) electrons. The first-order valence-electron chi connectivity index (χ1n) is 14.2. The molecular formula is C33H35N3O6S. The quantitative estimate of drug-likeness (QED) is 0.216. The molecule has 224 valence electrons. The van der Waals surface area contributed by atoms with Gasteiger partial charge in [-0.1, -0.05) is 54.6 Å². The van der Waals surface area contributed by atoms with Gasteiger partial charge < -0.3 is 19.4 Å². The van der Waals surface area contributed by atoms with Crippen LogP contribution in [0.3, 0.4) is 0 Å². The summed E-state index contributed by atoms with van der Waals surface area (Å²) in [6.07, 6.45) is 3.76. The van der Waals surface area contributed by atoms with E-state index in [1.807, 2.05) is 54.6 Å². The van der Waals surface area contributed by atoms with Crippen LogP contribution in [0.1, 0.15) is 47.8 Å². The van der Waals surface area contributed by atoms with E-state index in [4.69, 9.17) is 9.15 Å². The smallest absolute Gasteiger partial charge is 0.247 e. The summed E-state index contributed by atoms with van der Waals surface area (Å²) in [5.74, 6) is 0.744. The second-order valence-corrected chi connectivity index (χ2v) is 12.2. The summed E-state index contributed by atoms with van der Waals surface area (Å²) >= 11 is 0. The predicted octanol–water partition coefficient (Wildman–Crippen LogP) is 4.75. The van der Waals surface area contributed by atoms with Crippen LogP contribution < -0.4 is 14.8 Å². The van der Waals surface area contributed by atoms with Gasteiger partial charge in [-0.2, -0.15) is 0 Å². The molecule has 4 aromatic rings. The lowest BCUT2D eigenvalue weighted by molar-refractivity contribution is -0.141. The molecule has 1 saturated carbocycles. The molecule has 2 amide bonds. The number of nitrogens with one attached hydrogen (secondary N) is 2. The fourth-order valence-electron chi connectivity index (χ4n) is 4.76. The average molecular weight is 602 g/mol. The van der Waals surface area contributed by atoms with E-state index in [1.54, 1.807) is 54.7 Å². The van der Waals surface area contributed by atoms with Crippen molar-refractivity contribution < 1.29 is 27.2 Å². The third-order valence-corrected chi connectivity index (χ3v) is 8.82. The highest BCUT2D eigenvalue weighted by atomic mass is 32.2. The van der Waals surface area contributed by atoms with Crippen LogP contribution in [0.2, 0.25) is 0 Å². The topological polar surface area (TPSA) is 118 Å². The third-order valence-electron chi connectivity index (χ3n) is 7.28. The molecule has 2 N–H and O–H groups in total. The number of carbonyl (C=O) groups is 2. The van der Waals surface area contributed by atoms with Crippen LogP contribution in [-0.4, -0.2) is 38.3 Å². The van der Waals surface area contributed by atoms with Crippen molar-refractivity contribution in [3.05, 3.63) is 120 Å². The Morgan fingerprint density at radius 1 is 0.930 bits per heavy atom. The van der Waals surface area contributed by atoms with Gasteiger partial charge in [0.1, 0.15) is 17.6 Å². The summed E-state index contributed by atoms with van der Waals surface area (Å²) in [7, 11) is -1.97. The van der Waals surface area contributed by atoms with Gasteiger partial charge in [-0.25, -0.2) is 13.1 Å². The molecule has 3 aromatic carbocycles. The van der Waals surface area contributed by atoms with Crippen LogP contribution in [0.4, 0.5) is 0 Å². The zero-order valence-electron chi connectivity index (χ0n) is 23.9. The maximum Gasteiger partial charge on any atom is 0.247 e. The highest BCUT2D eigenvalue weighted by Gasteiger charge is 2.32. The number of rotatable bonds is 14. The lowest BCUT2D eigenvalue weighted by atomic mass is 10.0. The van der Waals surface area contributed by atoms with Gasteiger partial charge in [0.15, 0.2) is 0 Å². The number of hydrogen-bond acceptors (Lipinski definition) is 6. The van der Waals surface area contributed by atoms with E-state index < -0.39 is 16.1 Å². The zero-order chi connectivity index (χ0) is 30.2. The van der Waals surface area contributed by atoms with Crippen LogP contribution in [0.5, 0.6) is 5.75 Å². The summed E-state index contributed by atoms with van der Waals surface area (Å²) in [5.41, 5.74) is 2.34. The van der Waals surface area contributed by atoms with Crippen molar-refractivity contribution in [3.63, 3.8) is 0 Å². The van der Waals surface area contributed by atoms with Crippen molar-refractivity contribution in [2.24, 2.45) is 0 Å². The van der Waals surface area contributed by atoms with Crippen molar-refractivity contribution in [1.29, 1.82) is 0 Å². The highest BCUT2D eigenvalue weighted by Crippen LogP contribution is 2.27. The Morgan fingerprint density at radius 3 is 2.26 bits per heavy atom. The van der Waals surface area contributed by atoms with Gasteiger partial charge >= 0.3 is 0 Å². The molecule has 1 aromatic heterocycles. The number of carbonyl (C=O) groups excluding carboxylic acids is 2. The Balaban J connectivity index is 1.37. The van der Waals surface area contributed by atoms with Crippen LogP contribution in [0.25, 0.3) is 0 Å². The van der Waals surface area contributed by atoms with E-state index in [9.17, 15) is 18.0 Å². The molecule has 0 aliphatic heterocycles. The van der Waals surface area contributed by atoms with Crippen molar-refractivity contribution in [2.45, 2.75) is 55.8 Å². The minimum absolute atomic E-state index is 0.0211. The second kappa shape index (κ2) is 13.7. The molecule has 1 atom stereocenters. The standard InChI is InChI=1S/C33H35N3O6S/c1-41-28-16-9-25(10-17-28)23-36(32(26-6-3-2-4-7-26)33(38)34-22-29-8-5-21-42-29)31(37)20-13-24-11-18-30(19-12-24)43(39,40)35-27-14-15-27/h2-12,16-19,21,27,32,35H,13-15,20,22-23H2,1H3,(H,34,38)/t32-/m0/s1. The molecule has 1 aliphatic carbocycles. The first-order valence-corrected chi connectivity index (χ1v) is 15.7. The first kappa shape index (κ1) is 30.1. The maximum atomic E-state index is 13.9. The van der Waals surface area contributed by atoms with Crippen molar-refractivity contribution in [1.82, 2.24) is 14.9 Å². The van der Waals surface area contributed by atoms with Gasteiger partial charge in [-0.15, -0.1) is 0 Å². The van der Waals surface area contributed by atoms with E-state index in [-0.39, 0.29) is 42.3 Å². The minimum Gasteiger partial charge on any atom is -0.497 e. The summed E-state index contributed by atoms with van der Waals surface area (Å²) in [5, 5.41) is 2.93. The number of sulfonamides is 1. The number of amides is 2. The van der Waals surface area contributed by atoms with Gasteiger partial charge in [0.2, 0.25) is 21.8 Å². The Hall–Kier alpha value is -4.41. The number of nitrogens with zero attached hydrogens (tertiary/aromatic N) is 1. The van der Waals surface area contributed by atoms with Gasteiger partial charge in [0, 0.05) is 19.0 Å². The normalized spacial score (nSPS) is 13.7. The van der Waals surface area contributed by atoms with Gasteiger partial charge in [0.05, 0.1) is 24.8 Å². The molecule has 1 fully saturated rings. The lowest BCUT2D eigenvalue weighted by Gasteiger charge is -2.32. The molecule has 1 heterocycles. The average Bonchev–Trinajstić information content (AvgIpc) is 3.67. The third kappa shape index (κ3) is 8.12. The van der Waals surface area contributed by atoms with Gasteiger partial charge in [-0.05, 0) is 72.4 Å². The molecule has 1 aliphatic rings. The van der Waals surface area contributed by atoms with Gasteiger partial charge in [-0.3, -0.25) is 9.59 Å². The number of hydrogen-bond donors (Lipinski definition) is 2. The highest BCUT2D eigenvalue weighted by molar-refractivity contribution is 7.89. The molecule has 0 bridgehead atoms. The van der Waals surface area contributed by atoms with Crippen LogP contribution >= 0.6 is 0 Å². The minimum atomic E-state index is -3.56. The Morgan fingerprint density at radius 2 is 1.63 bits per heavy atom. The van der Waals surface area contributed by atoms with Gasteiger partial charge in [0.25, 0.3) is 0 Å². The molecule has 43 heavy (non-hydrogen) atoms. The number of aryl methyl sites for hydroxylation is 1. The molecule has 9 nitrogen and oxygen atoms in total. The van der Waals surface area contributed by atoms with E-state index in [2.05, 4.69) is 10.0 Å².